The number of hydrogen-bond acceptors (Lipinski definition) is 8. The van der Waals surface area contributed by atoms with Crippen LogP contribution in [0.2, 0.25) is 0 Å². The van der Waals surface area contributed by atoms with Crippen LogP contribution >= 0.6 is 7.82 Å². The molecule has 34 heavy (non-hydrogen) atoms. The summed E-state index contributed by atoms with van der Waals surface area (Å²) in [6.07, 6.45) is -1.00. The number of phosphoric ester groups is 1. The van der Waals surface area contributed by atoms with Crippen LogP contribution in [0.3, 0.4) is 0 Å². The molecule has 0 aliphatic carbocycles. The molecule has 1 aromatic carbocycles. The molecule has 0 spiro atoms. The summed E-state index contributed by atoms with van der Waals surface area (Å²) >= 11 is 0. The molecule has 1 saturated heterocycles. The van der Waals surface area contributed by atoms with Crippen molar-refractivity contribution < 1.29 is 51.1 Å². The summed E-state index contributed by atoms with van der Waals surface area (Å²) in [7, 11) is -9.31. The summed E-state index contributed by atoms with van der Waals surface area (Å²) < 4.78 is 62.1. The minimum absolute atomic E-state index is 0.122. The van der Waals surface area contributed by atoms with Gasteiger partial charge in [0.2, 0.25) is 6.29 Å². The van der Waals surface area contributed by atoms with E-state index in [1.54, 1.807) is 24.6 Å². The van der Waals surface area contributed by atoms with Crippen molar-refractivity contribution in [3.8, 4) is 5.75 Å². The molecule has 1 fully saturated rings. The van der Waals surface area contributed by atoms with Crippen LogP contribution in [0, 0.1) is 11.7 Å². The molecular formula is C18H23FN3O10PS. The van der Waals surface area contributed by atoms with E-state index < -0.39 is 66.2 Å². The van der Waals surface area contributed by atoms with Crippen molar-refractivity contribution in [3.63, 3.8) is 0 Å². The lowest BCUT2D eigenvalue weighted by Gasteiger charge is -2.28. The van der Waals surface area contributed by atoms with Gasteiger partial charge in [-0.15, -0.1) is 0 Å². The number of ether oxygens (including phenoxy) is 1. The first-order chi connectivity index (χ1) is 15.6. The Hall–Kier alpha value is -2.71. The quantitative estimate of drug-likeness (QED) is 0.310. The number of nitrogens with one attached hydrogen (secondary N) is 1. The third-order valence-electron chi connectivity index (χ3n) is 5.05. The van der Waals surface area contributed by atoms with Crippen molar-refractivity contribution >= 4 is 41.3 Å². The normalized spacial score (nSPS) is 21.0. The minimum Gasteiger partial charge on any atom is -0.506 e. The number of phenolic OH excluding ortho intramolecular Hbond substituents is 1. The standard InChI is InChI=1S/C18H23FN3O10PS/c1-9(2)13-6-11(7-21(13)18(25)31-10(3)32-33(26,27)28)12-4-5-14(23)17(16(12)19)22-8-15(24)20-34(22,29)30/h4-6,9-10,13,23H,7-8H2,1-3H3,(H,20,24)(H2,26,27,28). The molecule has 2 aliphatic rings. The zero-order valence-corrected chi connectivity index (χ0v) is 19.9. The molecule has 0 radical (unpaired) electrons. The molecule has 16 heteroatoms. The van der Waals surface area contributed by atoms with Crippen LogP contribution in [-0.4, -0.2) is 65.6 Å². The van der Waals surface area contributed by atoms with Crippen molar-refractivity contribution in [1.82, 2.24) is 9.62 Å². The first-order valence-electron chi connectivity index (χ1n) is 9.87. The Morgan fingerprint density at radius 2 is 1.91 bits per heavy atom. The SMILES string of the molecule is CC(OC(=O)N1CC(c2ccc(O)c(N3CC(=O)NS3(=O)=O)c2F)=CC1C(C)C)OP(=O)(O)O. The molecule has 2 atom stereocenters. The number of carbonyl (C=O) groups is 2. The maximum absolute atomic E-state index is 15.5. The fraction of sp³-hybridized carbons (Fsp3) is 0.444. The van der Waals surface area contributed by atoms with Gasteiger partial charge in [-0.2, -0.15) is 8.42 Å². The molecule has 1 aromatic rings. The van der Waals surface area contributed by atoms with Gasteiger partial charge in [0.1, 0.15) is 18.0 Å². The zero-order chi connectivity index (χ0) is 25.6. The Labute approximate surface area is 194 Å². The monoisotopic (exact) mass is 523 g/mol. The number of rotatable bonds is 6. The van der Waals surface area contributed by atoms with Gasteiger partial charge in [0, 0.05) is 5.56 Å². The van der Waals surface area contributed by atoms with Crippen molar-refractivity contribution in [2.24, 2.45) is 5.92 Å². The number of carbonyl (C=O) groups excluding carboxylic acids is 2. The van der Waals surface area contributed by atoms with Gasteiger partial charge in [-0.25, -0.2) is 27.3 Å². The molecule has 0 aromatic heterocycles. The van der Waals surface area contributed by atoms with E-state index in [9.17, 15) is 27.7 Å². The summed E-state index contributed by atoms with van der Waals surface area (Å²) in [5, 5.41) is 10.1. The maximum Gasteiger partial charge on any atom is 0.472 e. The van der Waals surface area contributed by atoms with Gasteiger partial charge in [-0.3, -0.25) is 9.69 Å². The molecule has 188 valence electrons. The third kappa shape index (κ3) is 5.33. The van der Waals surface area contributed by atoms with Gasteiger partial charge in [-0.05, 0) is 30.5 Å². The molecule has 2 heterocycles. The summed E-state index contributed by atoms with van der Waals surface area (Å²) in [4.78, 5) is 43.1. The second-order valence-electron chi connectivity index (χ2n) is 7.93. The van der Waals surface area contributed by atoms with E-state index >= 15 is 4.39 Å². The number of anilines is 1. The topological polar surface area (TPSA) is 183 Å². The Morgan fingerprint density at radius 3 is 2.44 bits per heavy atom. The second-order valence-corrected chi connectivity index (χ2v) is 10.7. The van der Waals surface area contributed by atoms with E-state index in [2.05, 4.69) is 4.52 Å². The number of phenols is 1. The molecule has 2 amide bonds. The van der Waals surface area contributed by atoms with Gasteiger partial charge < -0.3 is 19.6 Å². The van der Waals surface area contributed by atoms with Crippen molar-refractivity contribution in [2.45, 2.75) is 33.1 Å². The Kier molecular flexibility index (Phi) is 6.97. The van der Waals surface area contributed by atoms with E-state index in [0.29, 0.717) is 4.31 Å². The fourth-order valence-electron chi connectivity index (χ4n) is 3.66. The highest BCUT2D eigenvalue weighted by molar-refractivity contribution is 7.92. The highest BCUT2D eigenvalue weighted by Crippen LogP contribution is 2.40. The predicted octanol–water partition coefficient (Wildman–Crippen LogP) is 1.03. The highest BCUT2D eigenvalue weighted by Gasteiger charge is 2.40. The molecule has 0 saturated carbocycles. The molecule has 4 N–H and O–H groups in total. The molecule has 2 unspecified atom stereocenters. The first-order valence-corrected chi connectivity index (χ1v) is 12.8. The number of phosphoric acid groups is 1. The van der Waals surface area contributed by atoms with E-state index in [0.717, 1.165) is 13.0 Å². The third-order valence-corrected chi connectivity index (χ3v) is 7.00. The number of nitrogens with zero attached hydrogens (tertiary/aromatic N) is 2. The highest BCUT2D eigenvalue weighted by atomic mass is 32.2. The fourth-order valence-corrected chi connectivity index (χ4v) is 5.25. The van der Waals surface area contributed by atoms with Gasteiger partial charge in [-0.1, -0.05) is 19.9 Å². The van der Waals surface area contributed by atoms with Crippen LogP contribution in [0.4, 0.5) is 14.9 Å². The summed E-state index contributed by atoms with van der Waals surface area (Å²) in [5.41, 5.74) is -0.584. The molecule has 3 rings (SSSR count). The van der Waals surface area contributed by atoms with Crippen LogP contribution in [-0.2, 0) is 28.8 Å². The summed E-state index contributed by atoms with van der Waals surface area (Å²) in [6, 6.07) is 1.65. The number of amides is 2. The van der Waals surface area contributed by atoms with Crippen LogP contribution in [0.1, 0.15) is 26.3 Å². The lowest BCUT2D eigenvalue weighted by molar-refractivity contribution is -0.117. The zero-order valence-electron chi connectivity index (χ0n) is 18.2. The molecular weight excluding hydrogens is 500 g/mol. The van der Waals surface area contributed by atoms with Gasteiger partial charge in [0.25, 0.3) is 5.91 Å². The smallest absolute Gasteiger partial charge is 0.472 e. The summed E-state index contributed by atoms with van der Waals surface area (Å²) in [6.45, 7) is 3.73. The van der Waals surface area contributed by atoms with Gasteiger partial charge >= 0.3 is 24.1 Å². The van der Waals surface area contributed by atoms with E-state index in [1.807, 2.05) is 0 Å². The van der Waals surface area contributed by atoms with Crippen molar-refractivity contribution in [3.05, 3.63) is 29.6 Å². The molecule has 2 aliphatic heterocycles. The minimum atomic E-state index is -4.91. The van der Waals surface area contributed by atoms with E-state index in [4.69, 9.17) is 14.5 Å². The summed E-state index contributed by atoms with van der Waals surface area (Å²) in [5.74, 6) is -2.92. The maximum atomic E-state index is 15.5. The Bertz CT molecular complexity index is 1200. The van der Waals surface area contributed by atoms with Crippen molar-refractivity contribution in [2.75, 3.05) is 17.4 Å². The van der Waals surface area contributed by atoms with Gasteiger partial charge in [0.15, 0.2) is 5.82 Å². The molecule has 13 nitrogen and oxygen atoms in total. The van der Waals surface area contributed by atoms with Crippen LogP contribution < -0.4 is 9.03 Å². The number of halogens is 1. The lowest BCUT2D eigenvalue weighted by atomic mass is 10.0. The van der Waals surface area contributed by atoms with Crippen molar-refractivity contribution in [1.29, 1.82) is 0 Å². The average Bonchev–Trinajstić information content (AvgIpc) is 3.21. The Morgan fingerprint density at radius 1 is 1.26 bits per heavy atom. The largest absolute Gasteiger partial charge is 0.506 e. The average molecular weight is 523 g/mol. The first kappa shape index (κ1) is 25.9. The van der Waals surface area contributed by atoms with Crippen LogP contribution in [0.15, 0.2) is 18.2 Å². The van der Waals surface area contributed by atoms with Crippen LogP contribution in [0.5, 0.6) is 5.75 Å². The number of aromatic hydroxyl groups is 1. The lowest BCUT2D eigenvalue weighted by Crippen LogP contribution is -2.41. The number of benzene rings is 1. The number of hydrogen-bond donors (Lipinski definition) is 4. The predicted molar refractivity (Wildman–Crippen MR) is 115 cm³/mol. The van der Waals surface area contributed by atoms with Gasteiger partial charge in [0.05, 0.1) is 12.6 Å². The molecule has 0 bridgehead atoms. The van der Waals surface area contributed by atoms with E-state index in [1.165, 1.54) is 11.0 Å². The van der Waals surface area contributed by atoms with Crippen LogP contribution in [0.25, 0.3) is 5.57 Å². The second kappa shape index (κ2) is 9.15. The van der Waals surface area contributed by atoms with E-state index in [-0.39, 0.29) is 23.6 Å². The Balaban J connectivity index is 1.92.